The molecule has 2 fully saturated rings. The molecule has 3 rings (SSSR count). The molecule has 0 bridgehead atoms. The monoisotopic (exact) mass is 292 g/mol. The fourth-order valence-electron chi connectivity index (χ4n) is 2.95. The molecular formula is C16H21ClN2O. The highest BCUT2D eigenvalue weighted by atomic mass is 35.5. The summed E-state index contributed by atoms with van der Waals surface area (Å²) in [7, 11) is 0. The van der Waals surface area contributed by atoms with E-state index in [0.717, 1.165) is 43.9 Å². The number of hydrogen-bond donors (Lipinski definition) is 1. The predicted octanol–water partition coefficient (Wildman–Crippen LogP) is 3.08. The Morgan fingerprint density at radius 2 is 2.00 bits per heavy atom. The van der Waals surface area contributed by atoms with E-state index in [1.54, 1.807) is 0 Å². The summed E-state index contributed by atoms with van der Waals surface area (Å²) in [6, 6.07) is 8.00. The van der Waals surface area contributed by atoms with Crippen molar-refractivity contribution in [1.82, 2.24) is 5.32 Å². The molecule has 0 spiro atoms. The zero-order valence-electron chi connectivity index (χ0n) is 11.6. The fraction of sp³-hybridized carbons (Fsp3) is 0.562. The van der Waals surface area contributed by atoms with Gasteiger partial charge in [-0.05, 0) is 49.4 Å². The first-order chi connectivity index (χ1) is 9.72. The molecule has 4 heteroatoms. The van der Waals surface area contributed by atoms with Crippen molar-refractivity contribution < 1.29 is 4.79 Å². The van der Waals surface area contributed by atoms with E-state index in [9.17, 15) is 4.79 Å². The maximum Gasteiger partial charge on any atom is 0.223 e. The summed E-state index contributed by atoms with van der Waals surface area (Å²) < 4.78 is 0. The molecular weight excluding hydrogens is 272 g/mol. The molecule has 1 N–H and O–H groups in total. The minimum absolute atomic E-state index is 0.265. The van der Waals surface area contributed by atoms with Crippen LogP contribution in [0.4, 0.5) is 5.69 Å². The van der Waals surface area contributed by atoms with Crippen LogP contribution in [0.5, 0.6) is 0 Å². The molecule has 1 aromatic carbocycles. The predicted molar refractivity (Wildman–Crippen MR) is 82.1 cm³/mol. The maximum atomic E-state index is 11.8. The Balaban J connectivity index is 1.46. The molecule has 1 amide bonds. The van der Waals surface area contributed by atoms with Crippen LogP contribution in [-0.4, -0.2) is 25.5 Å². The van der Waals surface area contributed by atoms with E-state index in [2.05, 4.69) is 22.3 Å². The van der Waals surface area contributed by atoms with Crippen LogP contribution in [0.2, 0.25) is 5.02 Å². The zero-order valence-corrected chi connectivity index (χ0v) is 12.4. The van der Waals surface area contributed by atoms with Crippen molar-refractivity contribution in [2.75, 3.05) is 24.5 Å². The first kappa shape index (κ1) is 13.7. The highest BCUT2D eigenvalue weighted by molar-refractivity contribution is 6.30. The third-order valence-electron chi connectivity index (χ3n) is 4.52. The lowest BCUT2D eigenvalue weighted by Gasteiger charge is -2.25. The average Bonchev–Trinajstić information content (AvgIpc) is 2.84. The first-order valence-corrected chi connectivity index (χ1v) is 7.88. The molecule has 1 aliphatic heterocycles. The van der Waals surface area contributed by atoms with Crippen molar-refractivity contribution in [2.24, 2.45) is 11.8 Å². The summed E-state index contributed by atoms with van der Waals surface area (Å²) in [5, 5.41) is 3.90. The molecule has 1 atom stereocenters. The molecule has 1 heterocycles. The zero-order chi connectivity index (χ0) is 13.9. The van der Waals surface area contributed by atoms with Crippen LogP contribution in [0, 0.1) is 11.8 Å². The average molecular weight is 293 g/mol. The Kier molecular flexibility index (Phi) is 4.16. The van der Waals surface area contributed by atoms with Crippen LogP contribution in [0.25, 0.3) is 0 Å². The Bertz CT molecular complexity index is 470. The molecule has 2 aliphatic rings. The molecule has 3 nitrogen and oxygen atoms in total. The van der Waals surface area contributed by atoms with Crippen molar-refractivity contribution in [3.05, 3.63) is 29.3 Å². The molecule has 20 heavy (non-hydrogen) atoms. The SMILES string of the molecule is O=C(NC[C@H]1CCN(c2ccc(Cl)cc2)C1)C1CCC1. The van der Waals surface area contributed by atoms with Gasteiger partial charge in [0.15, 0.2) is 0 Å². The van der Waals surface area contributed by atoms with E-state index < -0.39 is 0 Å². The van der Waals surface area contributed by atoms with Crippen molar-refractivity contribution in [3.63, 3.8) is 0 Å². The summed E-state index contributed by atoms with van der Waals surface area (Å²) in [5.41, 5.74) is 1.22. The Labute approximate surface area is 125 Å². The fourth-order valence-corrected chi connectivity index (χ4v) is 3.07. The van der Waals surface area contributed by atoms with E-state index in [1.807, 2.05) is 12.1 Å². The van der Waals surface area contributed by atoms with Crippen molar-refractivity contribution in [2.45, 2.75) is 25.7 Å². The lowest BCUT2D eigenvalue weighted by molar-refractivity contribution is -0.127. The van der Waals surface area contributed by atoms with Crippen LogP contribution in [0.3, 0.4) is 0 Å². The highest BCUT2D eigenvalue weighted by Gasteiger charge is 2.27. The first-order valence-electron chi connectivity index (χ1n) is 7.50. The van der Waals surface area contributed by atoms with Crippen LogP contribution in [-0.2, 0) is 4.79 Å². The van der Waals surface area contributed by atoms with E-state index in [-0.39, 0.29) is 5.91 Å². The Morgan fingerprint density at radius 1 is 1.25 bits per heavy atom. The van der Waals surface area contributed by atoms with Gasteiger partial charge < -0.3 is 10.2 Å². The van der Waals surface area contributed by atoms with Crippen LogP contribution in [0.1, 0.15) is 25.7 Å². The molecule has 0 aromatic heterocycles. The van der Waals surface area contributed by atoms with Gasteiger partial charge in [-0.25, -0.2) is 0 Å². The number of benzene rings is 1. The second kappa shape index (κ2) is 6.04. The van der Waals surface area contributed by atoms with Gasteiger partial charge >= 0.3 is 0 Å². The van der Waals surface area contributed by atoms with Gasteiger partial charge in [-0.3, -0.25) is 4.79 Å². The van der Waals surface area contributed by atoms with E-state index >= 15 is 0 Å². The standard InChI is InChI=1S/C16H21ClN2O/c17-14-4-6-15(7-5-14)19-9-8-12(11-19)10-18-16(20)13-2-1-3-13/h4-7,12-13H,1-3,8-11H2,(H,18,20)/t12-/m1/s1. The summed E-state index contributed by atoms with van der Waals surface area (Å²) in [6.45, 7) is 2.90. The second-order valence-electron chi connectivity index (χ2n) is 5.95. The van der Waals surface area contributed by atoms with Gasteiger partial charge in [0.05, 0.1) is 0 Å². The molecule has 1 saturated carbocycles. The van der Waals surface area contributed by atoms with Crippen molar-refractivity contribution >= 4 is 23.2 Å². The number of carbonyl (C=O) groups is 1. The van der Waals surface area contributed by atoms with Crippen LogP contribution in [0.15, 0.2) is 24.3 Å². The lowest BCUT2D eigenvalue weighted by Crippen LogP contribution is -2.37. The minimum Gasteiger partial charge on any atom is -0.371 e. The molecule has 1 aliphatic carbocycles. The number of carbonyl (C=O) groups excluding carboxylic acids is 1. The highest BCUT2D eigenvalue weighted by Crippen LogP contribution is 2.27. The molecule has 0 radical (unpaired) electrons. The number of rotatable bonds is 4. The van der Waals surface area contributed by atoms with Gasteiger partial charge in [0.25, 0.3) is 0 Å². The van der Waals surface area contributed by atoms with Crippen LogP contribution >= 0.6 is 11.6 Å². The molecule has 0 unspecified atom stereocenters. The summed E-state index contributed by atoms with van der Waals surface area (Å²) in [5.74, 6) is 1.12. The molecule has 108 valence electrons. The molecule has 1 saturated heterocycles. The summed E-state index contributed by atoms with van der Waals surface area (Å²) in [6.07, 6.45) is 4.51. The summed E-state index contributed by atoms with van der Waals surface area (Å²) in [4.78, 5) is 14.2. The van der Waals surface area contributed by atoms with E-state index in [4.69, 9.17) is 11.6 Å². The Morgan fingerprint density at radius 3 is 2.65 bits per heavy atom. The number of hydrogen-bond acceptors (Lipinski definition) is 2. The number of halogens is 1. The third kappa shape index (κ3) is 3.09. The van der Waals surface area contributed by atoms with Gasteiger partial charge in [0.1, 0.15) is 0 Å². The van der Waals surface area contributed by atoms with E-state index in [1.165, 1.54) is 12.1 Å². The number of nitrogens with one attached hydrogen (secondary N) is 1. The minimum atomic E-state index is 0.265. The van der Waals surface area contributed by atoms with Crippen LogP contribution < -0.4 is 10.2 Å². The number of anilines is 1. The van der Waals surface area contributed by atoms with Gasteiger partial charge in [-0.2, -0.15) is 0 Å². The number of amides is 1. The number of nitrogens with zero attached hydrogens (tertiary/aromatic N) is 1. The third-order valence-corrected chi connectivity index (χ3v) is 4.77. The quantitative estimate of drug-likeness (QED) is 0.925. The van der Waals surface area contributed by atoms with Gasteiger partial charge in [-0.1, -0.05) is 18.0 Å². The summed E-state index contributed by atoms with van der Waals surface area (Å²) >= 11 is 5.91. The lowest BCUT2D eigenvalue weighted by atomic mass is 9.85. The van der Waals surface area contributed by atoms with Gasteiger partial charge in [0.2, 0.25) is 5.91 Å². The smallest absolute Gasteiger partial charge is 0.223 e. The van der Waals surface area contributed by atoms with Crippen molar-refractivity contribution in [1.29, 1.82) is 0 Å². The van der Waals surface area contributed by atoms with Gasteiger partial charge in [-0.15, -0.1) is 0 Å². The van der Waals surface area contributed by atoms with E-state index in [0.29, 0.717) is 11.8 Å². The maximum absolute atomic E-state index is 11.8. The van der Waals surface area contributed by atoms with Gasteiger partial charge in [0, 0.05) is 36.3 Å². The second-order valence-corrected chi connectivity index (χ2v) is 6.39. The Hall–Kier alpha value is -1.22. The largest absolute Gasteiger partial charge is 0.371 e. The molecule has 1 aromatic rings. The normalized spacial score (nSPS) is 22.6. The topological polar surface area (TPSA) is 32.3 Å². The van der Waals surface area contributed by atoms with Crippen molar-refractivity contribution in [3.8, 4) is 0 Å².